The molecule has 10 heteroatoms. The Balaban J connectivity index is 1.46. The lowest BCUT2D eigenvalue weighted by Gasteiger charge is -2.14. The van der Waals surface area contributed by atoms with E-state index in [9.17, 15) is 24.5 Å². The van der Waals surface area contributed by atoms with Gasteiger partial charge in [0.1, 0.15) is 5.75 Å². The van der Waals surface area contributed by atoms with E-state index in [0.29, 0.717) is 41.6 Å². The monoisotopic (exact) mass is 516 g/mol. The molecule has 0 atom stereocenters. The summed E-state index contributed by atoms with van der Waals surface area (Å²) in [5, 5.41) is 14.4. The first-order valence-electron chi connectivity index (χ1n) is 12.2. The molecule has 1 amide bonds. The Kier molecular flexibility index (Phi) is 8.32. The number of hydrogen-bond donors (Lipinski definition) is 1. The zero-order valence-corrected chi connectivity index (χ0v) is 21.0. The summed E-state index contributed by atoms with van der Waals surface area (Å²) in [6, 6.07) is 20.3. The Morgan fingerprint density at radius 1 is 0.974 bits per heavy atom. The third kappa shape index (κ3) is 5.97. The minimum absolute atomic E-state index is 0.0721. The van der Waals surface area contributed by atoms with Crippen molar-refractivity contribution in [3.8, 4) is 5.75 Å². The summed E-state index contributed by atoms with van der Waals surface area (Å²) in [6.45, 7) is 0.569. The second-order valence-electron chi connectivity index (χ2n) is 8.82. The molecule has 10 nitrogen and oxygen atoms in total. The SMILES string of the molecule is COc1ccccc1CNC(=O)CCCCn1c(=O)c2ccccc2n(Cc2cccc([N+](=O)[O-])c2)c1=O. The lowest BCUT2D eigenvalue weighted by molar-refractivity contribution is -0.384. The number of rotatable bonds is 11. The number of amides is 1. The molecule has 0 radical (unpaired) electrons. The second kappa shape index (κ2) is 12.0. The van der Waals surface area contributed by atoms with Gasteiger partial charge in [0.05, 0.1) is 29.5 Å². The molecule has 0 saturated carbocycles. The van der Waals surface area contributed by atoms with Gasteiger partial charge in [-0.15, -0.1) is 0 Å². The topological polar surface area (TPSA) is 125 Å². The third-order valence-corrected chi connectivity index (χ3v) is 6.30. The van der Waals surface area contributed by atoms with E-state index in [4.69, 9.17) is 4.74 Å². The highest BCUT2D eigenvalue weighted by atomic mass is 16.6. The second-order valence-corrected chi connectivity index (χ2v) is 8.82. The Morgan fingerprint density at radius 3 is 2.53 bits per heavy atom. The van der Waals surface area contributed by atoms with Gasteiger partial charge in [0.2, 0.25) is 5.91 Å². The maximum atomic E-state index is 13.4. The fraction of sp³-hybridized carbons (Fsp3) is 0.250. The van der Waals surface area contributed by atoms with Crippen LogP contribution in [0.15, 0.2) is 82.4 Å². The average molecular weight is 517 g/mol. The fourth-order valence-electron chi connectivity index (χ4n) is 4.36. The molecule has 0 bridgehead atoms. The maximum Gasteiger partial charge on any atom is 0.331 e. The van der Waals surface area contributed by atoms with Crippen LogP contribution in [-0.2, 0) is 24.4 Å². The molecular formula is C28H28N4O6. The number of unbranched alkanes of at least 4 members (excludes halogenated alkanes) is 1. The quantitative estimate of drug-likeness (QED) is 0.184. The van der Waals surface area contributed by atoms with Gasteiger partial charge in [-0.05, 0) is 36.6 Å². The molecule has 0 aliphatic rings. The van der Waals surface area contributed by atoms with E-state index in [-0.39, 0.29) is 31.1 Å². The number of carbonyl (C=O) groups excluding carboxylic acids is 1. The Morgan fingerprint density at radius 2 is 1.74 bits per heavy atom. The van der Waals surface area contributed by atoms with Gasteiger partial charge < -0.3 is 10.1 Å². The molecular weight excluding hydrogens is 488 g/mol. The van der Waals surface area contributed by atoms with E-state index in [1.165, 1.54) is 21.3 Å². The number of aromatic nitrogens is 2. The summed E-state index contributed by atoms with van der Waals surface area (Å²) in [5.74, 6) is 0.565. The molecule has 1 aromatic heterocycles. The fourth-order valence-corrected chi connectivity index (χ4v) is 4.36. The number of hydrogen-bond acceptors (Lipinski definition) is 6. The number of benzene rings is 3. The number of para-hydroxylation sites is 2. The number of fused-ring (bicyclic) bond motifs is 1. The molecule has 38 heavy (non-hydrogen) atoms. The first-order chi connectivity index (χ1) is 18.4. The van der Waals surface area contributed by atoms with Crippen LogP contribution in [-0.4, -0.2) is 27.1 Å². The number of carbonyl (C=O) groups is 1. The standard InChI is InChI=1S/C28H28N4O6/c1-38-25-14-5-2-10-21(25)18-29-26(33)15-6-7-16-30-27(34)23-12-3-4-13-24(23)31(28(30)35)19-20-9-8-11-22(17-20)32(36)37/h2-5,8-14,17H,6-7,15-16,18-19H2,1H3,(H,29,33). The summed E-state index contributed by atoms with van der Waals surface area (Å²) >= 11 is 0. The number of ether oxygens (including phenoxy) is 1. The average Bonchev–Trinajstić information content (AvgIpc) is 2.94. The lowest BCUT2D eigenvalue weighted by Crippen LogP contribution is -2.40. The van der Waals surface area contributed by atoms with Gasteiger partial charge in [-0.25, -0.2) is 4.79 Å². The Bertz CT molecular complexity index is 1590. The molecule has 0 fully saturated rings. The zero-order chi connectivity index (χ0) is 27.1. The molecule has 1 heterocycles. The van der Waals surface area contributed by atoms with Crippen molar-refractivity contribution in [2.75, 3.05) is 7.11 Å². The van der Waals surface area contributed by atoms with Gasteiger partial charge in [0.15, 0.2) is 0 Å². The molecule has 196 valence electrons. The summed E-state index contributed by atoms with van der Waals surface area (Å²) < 4.78 is 7.92. The Labute approximate surface area is 218 Å². The predicted octanol–water partition coefficient (Wildman–Crippen LogP) is 3.62. The molecule has 0 spiro atoms. The normalized spacial score (nSPS) is 10.9. The molecule has 0 saturated heterocycles. The number of nitrogens with one attached hydrogen (secondary N) is 1. The van der Waals surface area contributed by atoms with Crippen LogP contribution in [0.5, 0.6) is 5.75 Å². The largest absolute Gasteiger partial charge is 0.496 e. The van der Waals surface area contributed by atoms with Crippen LogP contribution in [0.25, 0.3) is 10.9 Å². The van der Waals surface area contributed by atoms with Crippen molar-refractivity contribution in [2.24, 2.45) is 0 Å². The van der Waals surface area contributed by atoms with Crippen LogP contribution in [0.4, 0.5) is 5.69 Å². The van der Waals surface area contributed by atoms with Crippen molar-refractivity contribution in [1.82, 2.24) is 14.5 Å². The smallest absolute Gasteiger partial charge is 0.331 e. The summed E-state index contributed by atoms with van der Waals surface area (Å²) in [7, 11) is 1.58. The van der Waals surface area contributed by atoms with Gasteiger partial charge in [-0.1, -0.05) is 42.5 Å². The molecule has 3 aromatic carbocycles. The van der Waals surface area contributed by atoms with E-state index >= 15 is 0 Å². The highest BCUT2D eigenvalue weighted by molar-refractivity contribution is 5.78. The van der Waals surface area contributed by atoms with Crippen molar-refractivity contribution in [3.05, 3.63) is 115 Å². The van der Waals surface area contributed by atoms with E-state index in [1.54, 1.807) is 43.5 Å². The van der Waals surface area contributed by atoms with Crippen LogP contribution >= 0.6 is 0 Å². The van der Waals surface area contributed by atoms with Gasteiger partial charge in [0, 0.05) is 37.2 Å². The lowest BCUT2D eigenvalue weighted by atomic mass is 10.1. The zero-order valence-electron chi connectivity index (χ0n) is 21.0. The number of nitrogens with zero attached hydrogens (tertiary/aromatic N) is 3. The van der Waals surface area contributed by atoms with Crippen molar-refractivity contribution in [1.29, 1.82) is 0 Å². The van der Waals surface area contributed by atoms with Gasteiger partial charge in [0.25, 0.3) is 11.2 Å². The first-order valence-corrected chi connectivity index (χ1v) is 12.2. The molecule has 0 aliphatic heterocycles. The van der Waals surface area contributed by atoms with Crippen molar-refractivity contribution >= 4 is 22.5 Å². The number of nitro groups is 1. The van der Waals surface area contributed by atoms with Gasteiger partial charge >= 0.3 is 5.69 Å². The van der Waals surface area contributed by atoms with E-state index in [1.807, 2.05) is 24.3 Å². The molecule has 0 aliphatic carbocycles. The Hall–Kier alpha value is -4.73. The van der Waals surface area contributed by atoms with Crippen LogP contribution < -0.4 is 21.3 Å². The van der Waals surface area contributed by atoms with Crippen LogP contribution in [0.1, 0.15) is 30.4 Å². The van der Waals surface area contributed by atoms with Gasteiger partial charge in [-0.2, -0.15) is 0 Å². The predicted molar refractivity (Wildman–Crippen MR) is 143 cm³/mol. The third-order valence-electron chi connectivity index (χ3n) is 6.30. The summed E-state index contributed by atoms with van der Waals surface area (Å²) in [6.07, 6.45) is 1.19. The van der Waals surface area contributed by atoms with Crippen molar-refractivity contribution in [3.63, 3.8) is 0 Å². The highest BCUT2D eigenvalue weighted by Crippen LogP contribution is 2.17. The molecule has 1 N–H and O–H groups in total. The minimum atomic E-state index is -0.499. The number of non-ortho nitro benzene ring substituents is 1. The van der Waals surface area contributed by atoms with Crippen LogP contribution in [0, 0.1) is 10.1 Å². The van der Waals surface area contributed by atoms with Gasteiger partial charge in [-0.3, -0.25) is 28.8 Å². The van der Waals surface area contributed by atoms with E-state index in [0.717, 1.165) is 5.56 Å². The molecule has 4 aromatic rings. The van der Waals surface area contributed by atoms with E-state index in [2.05, 4.69) is 5.32 Å². The minimum Gasteiger partial charge on any atom is -0.496 e. The summed E-state index contributed by atoms with van der Waals surface area (Å²) in [4.78, 5) is 49.5. The first kappa shape index (κ1) is 26.3. The summed E-state index contributed by atoms with van der Waals surface area (Å²) in [5.41, 5.74) is 0.930. The van der Waals surface area contributed by atoms with Crippen molar-refractivity contribution in [2.45, 2.75) is 38.9 Å². The van der Waals surface area contributed by atoms with E-state index < -0.39 is 16.2 Å². The number of nitro benzene ring substituents is 1. The molecule has 4 rings (SSSR count). The van der Waals surface area contributed by atoms with Crippen molar-refractivity contribution < 1.29 is 14.5 Å². The van der Waals surface area contributed by atoms with Crippen LogP contribution in [0.2, 0.25) is 0 Å². The highest BCUT2D eigenvalue weighted by Gasteiger charge is 2.15. The number of methoxy groups -OCH3 is 1. The molecule has 0 unspecified atom stereocenters. The van der Waals surface area contributed by atoms with Crippen LogP contribution in [0.3, 0.4) is 0 Å². The maximum absolute atomic E-state index is 13.4.